The van der Waals surface area contributed by atoms with Crippen molar-refractivity contribution in [3.63, 3.8) is 0 Å². The smallest absolute Gasteiger partial charge is 0.0155 e. The summed E-state index contributed by atoms with van der Waals surface area (Å²) in [7, 11) is 0. The average Bonchev–Trinajstić information content (AvgIpc) is 2.76. The maximum atomic E-state index is 2.48. The van der Waals surface area contributed by atoms with Crippen molar-refractivity contribution >= 4 is 5.57 Å². The molecule has 0 bridgehead atoms. The molecule has 4 rings (SSSR count). The minimum absolute atomic E-state index is 0.112. The van der Waals surface area contributed by atoms with E-state index in [-0.39, 0.29) is 5.41 Å². The minimum atomic E-state index is 0.112. The molecule has 110 valence electrons. The molecule has 0 heterocycles. The Morgan fingerprint density at radius 3 is 2.50 bits per heavy atom. The molecule has 0 radical (unpaired) electrons. The van der Waals surface area contributed by atoms with E-state index in [1.807, 2.05) is 0 Å². The first-order valence-electron chi connectivity index (χ1n) is 8.20. The van der Waals surface area contributed by atoms with Gasteiger partial charge >= 0.3 is 0 Å². The van der Waals surface area contributed by atoms with Gasteiger partial charge < -0.3 is 0 Å². The van der Waals surface area contributed by atoms with Crippen LogP contribution in [0.5, 0.6) is 0 Å². The van der Waals surface area contributed by atoms with Crippen molar-refractivity contribution in [2.75, 3.05) is 0 Å². The van der Waals surface area contributed by atoms with E-state index < -0.39 is 0 Å². The van der Waals surface area contributed by atoms with Gasteiger partial charge in [-0.15, -0.1) is 0 Å². The van der Waals surface area contributed by atoms with Crippen molar-refractivity contribution in [3.05, 3.63) is 77.4 Å². The lowest BCUT2D eigenvalue weighted by Crippen LogP contribution is -2.17. The molecule has 1 atom stereocenters. The van der Waals surface area contributed by atoms with E-state index in [1.54, 1.807) is 0 Å². The second kappa shape index (κ2) is 4.71. The first kappa shape index (κ1) is 13.6. The number of hydrogen-bond acceptors (Lipinski definition) is 0. The molecular formula is C22H22. The van der Waals surface area contributed by atoms with E-state index >= 15 is 0 Å². The number of hydrogen-bond donors (Lipinski definition) is 0. The maximum absolute atomic E-state index is 2.48. The predicted octanol–water partition coefficient (Wildman–Crippen LogP) is 5.99. The highest BCUT2D eigenvalue weighted by Gasteiger charge is 2.39. The summed E-state index contributed by atoms with van der Waals surface area (Å²) in [6.45, 7) is 7.05. The van der Waals surface area contributed by atoms with Gasteiger partial charge in [-0.1, -0.05) is 75.4 Å². The van der Waals surface area contributed by atoms with Gasteiger partial charge in [0.1, 0.15) is 0 Å². The summed E-state index contributed by atoms with van der Waals surface area (Å²) in [6.07, 6.45) is 6.09. The van der Waals surface area contributed by atoms with Crippen molar-refractivity contribution in [2.24, 2.45) is 5.92 Å². The van der Waals surface area contributed by atoms with Crippen LogP contribution in [0.4, 0.5) is 0 Å². The van der Waals surface area contributed by atoms with E-state index in [4.69, 9.17) is 0 Å². The first-order valence-corrected chi connectivity index (χ1v) is 8.20. The van der Waals surface area contributed by atoms with Crippen LogP contribution in [0.25, 0.3) is 16.7 Å². The summed E-state index contributed by atoms with van der Waals surface area (Å²) in [5.41, 5.74) is 8.63. The van der Waals surface area contributed by atoms with Crippen LogP contribution in [-0.4, -0.2) is 0 Å². The molecule has 0 fully saturated rings. The zero-order chi connectivity index (χ0) is 15.3. The molecule has 2 aliphatic rings. The highest BCUT2D eigenvalue weighted by atomic mass is 14.4. The zero-order valence-electron chi connectivity index (χ0n) is 13.6. The van der Waals surface area contributed by atoms with Gasteiger partial charge in [-0.2, -0.15) is 0 Å². The lowest BCUT2D eigenvalue weighted by atomic mass is 9.78. The lowest BCUT2D eigenvalue weighted by molar-refractivity contribution is 0.633. The van der Waals surface area contributed by atoms with Crippen molar-refractivity contribution in [3.8, 4) is 11.1 Å². The van der Waals surface area contributed by atoms with Crippen molar-refractivity contribution in [2.45, 2.75) is 32.6 Å². The van der Waals surface area contributed by atoms with Crippen LogP contribution in [0.3, 0.4) is 0 Å². The Morgan fingerprint density at radius 2 is 1.73 bits per heavy atom. The summed E-state index contributed by atoms with van der Waals surface area (Å²) in [4.78, 5) is 0. The number of benzene rings is 2. The molecule has 0 heteroatoms. The van der Waals surface area contributed by atoms with Gasteiger partial charge in [-0.25, -0.2) is 0 Å². The Labute approximate surface area is 133 Å². The summed E-state index contributed by atoms with van der Waals surface area (Å²) < 4.78 is 0. The second-order valence-corrected chi connectivity index (χ2v) is 7.16. The van der Waals surface area contributed by atoms with E-state index in [1.165, 1.54) is 33.4 Å². The fourth-order valence-electron chi connectivity index (χ4n) is 3.91. The molecule has 0 aliphatic heterocycles. The lowest BCUT2D eigenvalue weighted by Gasteiger charge is -2.25. The van der Waals surface area contributed by atoms with Gasteiger partial charge in [0.15, 0.2) is 0 Å². The average molecular weight is 286 g/mol. The Bertz CT molecular complexity index is 788. The third-order valence-corrected chi connectivity index (χ3v) is 5.20. The van der Waals surface area contributed by atoms with Crippen LogP contribution < -0.4 is 0 Å². The third-order valence-electron chi connectivity index (χ3n) is 5.20. The van der Waals surface area contributed by atoms with Gasteiger partial charge in [-0.05, 0) is 51.8 Å². The molecule has 0 N–H and O–H groups in total. The number of rotatable bonds is 1. The highest BCUT2D eigenvalue weighted by Crippen LogP contribution is 2.52. The van der Waals surface area contributed by atoms with Crippen LogP contribution in [-0.2, 0) is 5.41 Å². The molecule has 0 spiro atoms. The summed E-state index contributed by atoms with van der Waals surface area (Å²) in [5, 5.41) is 0. The highest BCUT2D eigenvalue weighted by molar-refractivity contribution is 5.91. The largest absolute Gasteiger partial charge is 0.0767 e. The van der Waals surface area contributed by atoms with Crippen LogP contribution >= 0.6 is 0 Å². The quantitative estimate of drug-likeness (QED) is 0.603. The van der Waals surface area contributed by atoms with E-state index in [9.17, 15) is 0 Å². The Hall–Kier alpha value is -2.08. The first-order chi connectivity index (χ1) is 10.6. The zero-order valence-corrected chi connectivity index (χ0v) is 13.6. The van der Waals surface area contributed by atoms with Crippen LogP contribution in [0.1, 0.15) is 38.3 Å². The summed E-state index contributed by atoms with van der Waals surface area (Å²) in [6, 6.07) is 17.7. The number of allylic oxidation sites excluding steroid dienone is 4. The molecule has 2 aliphatic carbocycles. The molecule has 1 unspecified atom stereocenters. The number of fused-ring (bicyclic) bond motifs is 3. The van der Waals surface area contributed by atoms with Crippen molar-refractivity contribution in [1.82, 2.24) is 0 Å². The molecule has 2 aromatic rings. The molecule has 0 amide bonds. The summed E-state index contributed by atoms with van der Waals surface area (Å²) in [5.74, 6) is 0.654. The van der Waals surface area contributed by atoms with Crippen LogP contribution in [0.2, 0.25) is 0 Å². The second-order valence-electron chi connectivity index (χ2n) is 7.16. The summed E-state index contributed by atoms with van der Waals surface area (Å²) >= 11 is 0. The van der Waals surface area contributed by atoms with Crippen molar-refractivity contribution in [1.29, 1.82) is 0 Å². The van der Waals surface area contributed by atoms with E-state index in [0.717, 1.165) is 6.42 Å². The molecular weight excluding hydrogens is 264 g/mol. The molecule has 0 aromatic heterocycles. The monoisotopic (exact) mass is 286 g/mol. The Morgan fingerprint density at radius 1 is 0.955 bits per heavy atom. The normalized spacial score (nSPS) is 21.7. The predicted molar refractivity (Wildman–Crippen MR) is 94.7 cm³/mol. The minimum Gasteiger partial charge on any atom is -0.0767 e. The fourth-order valence-corrected chi connectivity index (χ4v) is 3.91. The topological polar surface area (TPSA) is 0 Å². The van der Waals surface area contributed by atoms with E-state index in [2.05, 4.69) is 81.5 Å². The fraction of sp³-hybridized carbons (Fsp3) is 0.273. The van der Waals surface area contributed by atoms with E-state index in [0.29, 0.717) is 5.92 Å². The SMILES string of the molecule is CC1C=C2C(=CC1)c1ccc(-c3ccccc3)cc1C2(C)C. The molecule has 22 heavy (non-hydrogen) atoms. The third kappa shape index (κ3) is 1.90. The van der Waals surface area contributed by atoms with Gasteiger partial charge in [0, 0.05) is 5.41 Å². The Kier molecular flexibility index (Phi) is 2.91. The van der Waals surface area contributed by atoms with Crippen molar-refractivity contribution < 1.29 is 0 Å². The molecule has 2 aromatic carbocycles. The van der Waals surface area contributed by atoms with Crippen LogP contribution in [0.15, 0.2) is 66.3 Å². The van der Waals surface area contributed by atoms with Gasteiger partial charge in [0.05, 0.1) is 0 Å². The molecule has 0 saturated heterocycles. The standard InChI is InChI=1S/C22H22/c1-15-9-11-18-19-12-10-17(16-7-5-4-6-8-16)14-21(19)22(2,3)20(18)13-15/h4-8,10-15H,9H2,1-3H3. The van der Waals surface area contributed by atoms with Gasteiger partial charge in [0.2, 0.25) is 0 Å². The maximum Gasteiger partial charge on any atom is 0.0155 e. The molecule has 0 nitrogen and oxygen atoms in total. The Balaban J connectivity index is 1.90. The van der Waals surface area contributed by atoms with Gasteiger partial charge in [0.25, 0.3) is 0 Å². The molecule has 0 saturated carbocycles. The van der Waals surface area contributed by atoms with Crippen LogP contribution in [0, 0.1) is 5.92 Å². The van der Waals surface area contributed by atoms with Gasteiger partial charge in [-0.3, -0.25) is 0 Å².